The Morgan fingerprint density at radius 2 is 1.44 bits per heavy atom. The lowest BCUT2D eigenvalue weighted by atomic mass is 10.1. The predicted octanol–water partition coefficient (Wildman–Crippen LogP) is 5.53. The van der Waals surface area contributed by atoms with Crippen molar-refractivity contribution in [1.29, 1.82) is 0 Å². The van der Waals surface area contributed by atoms with Crippen LogP contribution >= 0.6 is 11.6 Å². The Kier molecular flexibility index (Phi) is 7.62. The summed E-state index contributed by atoms with van der Waals surface area (Å²) in [6, 6.07) is 24.7. The van der Waals surface area contributed by atoms with Crippen LogP contribution in [0.4, 0.5) is 17.1 Å². The zero-order valence-electron chi connectivity index (χ0n) is 20.3. The summed E-state index contributed by atoms with van der Waals surface area (Å²) < 4.78 is 8.52. The van der Waals surface area contributed by atoms with Crippen molar-refractivity contribution in [3.8, 4) is 5.75 Å². The number of anilines is 3. The topological polar surface area (TPSA) is 59.6 Å². The second-order valence-electron chi connectivity index (χ2n) is 9.22. The van der Waals surface area contributed by atoms with Gasteiger partial charge in [-0.3, -0.25) is 0 Å². The number of hydrogen-bond donors (Lipinski definition) is 1. The van der Waals surface area contributed by atoms with Crippen molar-refractivity contribution in [1.82, 2.24) is 9.55 Å². The Morgan fingerprint density at radius 3 is 2.03 bits per heavy atom. The molecule has 2 N–H and O–H groups in total. The van der Waals surface area contributed by atoms with E-state index in [0.29, 0.717) is 0 Å². The molecule has 1 atom stereocenters. The van der Waals surface area contributed by atoms with Crippen LogP contribution in [0.5, 0.6) is 5.75 Å². The molecule has 6 nitrogen and oxygen atoms in total. The van der Waals surface area contributed by atoms with Gasteiger partial charge < -0.3 is 24.8 Å². The molecule has 1 aliphatic heterocycles. The molecule has 1 saturated heterocycles. The molecule has 4 aromatic rings. The van der Waals surface area contributed by atoms with Crippen LogP contribution in [0, 0.1) is 0 Å². The first kappa shape index (κ1) is 24.1. The van der Waals surface area contributed by atoms with E-state index in [4.69, 9.17) is 22.1 Å². The molecule has 7 heteroatoms. The first-order valence-electron chi connectivity index (χ1n) is 12.4. The number of ether oxygens (including phenoxy) is 1. The lowest BCUT2D eigenvalue weighted by Gasteiger charge is -2.37. The lowest BCUT2D eigenvalue weighted by molar-refractivity contribution is 0.170. The van der Waals surface area contributed by atoms with E-state index >= 15 is 0 Å². The van der Waals surface area contributed by atoms with Crippen molar-refractivity contribution >= 4 is 28.7 Å². The first-order valence-corrected chi connectivity index (χ1v) is 12.8. The highest BCUT2D eigenvalue weighted by Gasteiger charge is 2.18. The Hall–Kier alpha value is -3.64. The highest BCUT2D eigenvalue weighted by atomic mass is 35.5. The number of rotatable bonds is 9. The molecule has 3 aromatic carbocycles. The van der Waals surface area contributed by atoms with Crippen LogP contribution in [0.3, 0.4) is 0 Å². The van der Waals surface area contributed by atoms with E-state index in [1.165, 1.54) is 16.9 Å². The van der Waals surface area contributed by atoms with Gasteiger partial charge in [-0.05, 0) is 79.1 Å². The largest absolute Gasteiger partial charge is 0.489 e. The molecule has 1 unspecified atom stereocenters. The standard InChI is InChI=1S/C29H32ClN5O/c30-24-4-1-23(2-5-24)3-12-29(21-33-16-15-32-22-33)36-28-13-10-27(11-14-28)35-19-17-34(18-20-35)26-8-6-25(31)7-9-26/h1-2,4-11,13-16,22,29H,3,12,17-21,31H2. The second kappa shape index (κ2) is 11.4. The number of aryl methyl sites for hydroxylation is 1. The van der Waals surface area contributed by atoms with Crippen molar-refractivity contribution in [3.05, 3.63) is 102 Å². The zero-order chi connectivity index (χ0) is 24.7. The molecule has 36 heavy (non-hydrogen) atoms. The number of aromatic nitrogens is 2. The van der Waals surface area contributed by atoms with Gasteiger partial charge in [0.2, 0.25) is 0 Å². The summed E-state index contributed by atoms with van der Waals surface area (Å²) >= 11 is 6.04. The van der Waals surface area contributed by atoms with Crippen molar-refractivity contribution in [3.63, 3.8) is 0 Å². The molecular weight excluding hydrogens is 470 g/mol. The number of halogens is 1. The smallest absolute Gasteiger partial charge is 0.119 e. The van der Waals surface area contributed by atoms with E-state index in [9.17, 15) is 0 Å². The van der Waals surface area contributed by atoms with E-state index in [2.05, 4.69) is 67.9 Å². The van der Waals surface area contributed by atoms with Crippen LogP contribution in [-0.4, -0.2) is 41.8 Å². The maximum absolute atomic E-state index is 6.45. The monoisotopic (exact) mass is 501 g/mol. The molecule has 0 aliphatic carbocycles. The van der Waals surface area contributed by atoms with Crippen LogP contribution in [0.15, 0.2) is 91.5 Å². The van der Waals surface area contributed by atoms with Gasteiger partial charge in [-0.15, -0.1) is 0 Å². The predicted molar refractivity (Wildman–Crippen MR) is 148 cm³/mol. The molecule has 0 saturated carbocycles. The normalized spacial score (nSPS) is 14.6. The van der Waals surface area contributed by atoms with Crippen molar-refractivity contribution < 1.29 is 4.74 Å². The van der Waals surface area contributed by atoms with Crippen molar-refractivity contribution in [2.24, 2.45) is 0 Å². The Bertz CT molecular complexity index is 1200. The van der Waals surface area contributed by atoms with Gasteiger partial charge in [0, 0.05) is 60.7 Å². The summed E-state index contributed by atoms with van der Waals surface area (Å²) in [5.41, 5.74) is 10.4. The molecule has 5 rings (SSSR count). The molecule has 0 bridgehead atoms. The van der Waals surface area contributed by atoms with Crippen molar-refractivity contribution in [2.45, 2.75) is 25.5 Å². The maximum atomic E-state index is 6.45. The third-order valence-corrected chi connectivity index (χ3v) is 6.94. The molecule has 0 amide bonds. The average molecular weight is 502 g/mol. The van der Waals surface area contributed by atoms with Crippen LogP contribution in [0.1, 0.15) is 12.0 Å². The van der Waals surface area contributed by atoms with Gasteiger partial charge in [0.05, 0.1) is 12.9 Å². The molecule has 1 aliphatic rings. The van der Waals surface area contributed by atoms with Gasteiger partial charge in [0.1, 0.15) is 11.9 Å². The van der Waals surface area contributed by atoms with Crippen LogP contribution < -0.4 is 20.3 Å². The van der Waals surface area contributed by atoms with Crippen LogP contribution in [0.25, 0.3) is 0 Å². The Labute approximate surface area is 217 Å². The van der Waals surface area contributed by atoms with Gasteiger partial charge in [0.15, 0.2) is 0 Å². The minimum atomic E-state index is 0.0317. The fourth-order valence-corrected chi connectivity index (χ4v) is 4.76. The van der Waals surface area contributed by atoms with Crippen LogP contribution in [0.2, 0.25) is 5.02 Å². The number of nitrogens with zero attached hydrogens (tertiary/aromatic N) is 4. The van der Waals surface area contributed by atoms with Crippen molar-refractivity contribution in [2.75, 3.05) is 41.7 Å². The Balaban J connectivity index is 1.18. The summed E-state index contributed by atoms with van der Waals surface area (Å²) in [6.07, 6.45) is 7.47. The SMILES string of the molecule is Nc1ccc(N2CCN(c3ccc(OC(CCc4ccc(Cl)cc4)Cn4ccnc4)cc3)CC2)cc1. The number of nitrogens with two attached hydrogens (primary N) is 1. The summed E-state index contributed by atoms with van der Waals surface area (Å²) in [4.78, 5) is 9.02. The number of nitrogen functional groups attached to an aromatic ring is 1. The van der Waals surface area contributed by atoms with Gasteiger partial charge >= 0.3 is 0 Å². The third kappa shape index (κ3) is 6.32. The van der Waals surface area contributed by atoms with E-state index in [1.807, 2.05) is 36.8 Å². The van der Waals surface area contributed by atoms with Crippen LogP contribution in [-0.2, 0) is 13.0 Å². The van der Waals surface area contributed by atoms with E-state index in [1.54, 1.807) is 6.20 Å². The van der Waals surface area contributed by atoms with E-state index in [0.717, 1.165) is 62.0 Å². The molecule has 1 aromatic heterocycles. The third-order valence-electron chi connectivity index (χ3n) is 6.68. The minimum absolute atomic E-state index is 0.0317. The molecule has 0 spiro atoms. The van der Waals surface area contributed by atoms with Gasteiger partial charge in [-0.25, -0.2) is 4.98 Å². The van der Waals surface area contributed by atoms with Gasteiger partial charge in [0.25, 0.3) is 0 Å². The second-order valence-corrected chi connectivity index (χ2v) is 9.66. The summed E-state index contributed by atoms with van der Waals surface area (Å²) in [5.74, 6) is 0.889. The first-order chi connectivity index (χ1) is 17.6. The molecule has 186 valence electrons. The molecule has 1 fully saturated rings. The molecular formula is C29H32ClN5O. The zero-order valence-corrected chi connectivity index (χ0v) is 21.1. The molecule has 0 radical (unpaired) electrons. The van der Waals surface area contributed by atoms with E-state index < -0.39 is 0 Å². The fraction of sp³-hybridized carbons (Fsp3) is 0.276. The summed E-state index contributed by atoms with van der Waals surface area (Å²) in [7, 11) is 0. The summed E-state index contributed by atoms with van der Waals surface area (Å²) in [5, 5.41) is 0.761. The summed E-state index contributed by atoms with van der Waals surface area (Å²) in [6.45, 7) is 4.69. The van der Waals surface area contributed by atoms with Gasteiger partial charge in [-0.1, -0.05) is 23.7 Å². The fourth-order valence-electron chi connectivity index (χ4n) is 4.63. The highest BCUT2D eigenvalue weighted by Crippen LogP contribution is 2.25. The number of hydrogen-bond acceptors (Lipinski definition) is 5. The quantitative estimate of drug-likeness (QED) is 0.306. The number of benzene rings is 3. The number of imidazole rings is 1. The van der Waals surface area contributed by atoms with E-state index in [-0.39, 0.29) is 6.10 Å². The lowest BCUT2D eigenvalue weighted by Crippen LogP contribution is -2.46. The average Bonchev–Trinajstić information content (AvgIpc) is 3.42. The molecule has 2 heterocycles. The minimum Gasteiger partial charge on any atom is -0.489 e. The number of piperazine rings is 1. The van der Waals surface area contributed by atoms with Gasteiger partial charge in [-0.2, -0.15) is 0 Å². The highest BCUT2D eigenvalue weighted by molar-refractivity contribution is 6.30. The maximum Gasteiger partial charge on any atom is 0.119 e. The Morgan fingerprint density at radius 1 is 0.833 bits per heavy atom.